The molecule has 7 heteroatoms. The molecule has 3 rings (SSSR count). The fourth-order valence-corrected chi connectivity index (χ4v) is 2.92. The molecule has 0 spiro atoms. The number of amides is 3. The van der Waals surface area contributed by atoms with Gasteiger partial charge in [0, 0.05) is 30.5 Å². The molecule has 2 aromatic rings. The van der Waals surface area contributed by atoms with Crippen LogP contribution in [0.4, 0.5) is 25.0 Å². The largest absolute Gasteiger partial charge is 0.326 e. The van der Waals surface area contributed by atoms with E-state index in [2.05, 4.69) is 10.6 Å². The van der Waals surface area contributed by atoms with Crippen molar-refractivity contribution in [2.24, 2.45) is 5.92 Å². The molecule has 26 heavy (non-hydrogen) atoms. The summed E-state index contributed by atoms with van der Waals surface area (Å²) in [6, 6.07) is 12.0. The van der Waals surface area contributed by atoms with Crippen LogP contribution in [0.5, 0.6) is 0 Å². The third-order valence-corrected chi connectivity index (χ3v) is 4.29. The Bertz CT molecular complexity index is 799. The standard InChI is InChI=1S/C19H19F2N3O2/c20-16-9-8-15(11-17(16)21)22-18(25)13-5-4-10-24(12-13)19(26)23-14-6-2-1-3-7-14/h1-3,6-9,11,13H,4-5,10,12H2,(H,22,25)(H,23,26)/t13-/m0/s1. The van der Waals surface area contributed by atoms with Crippen molar-refractivity contribution in [1.82, 2.24) is 4.90 Å². The Morgan fingerprint density at radius 1 is 0.962 bits per heavy atom. The first-order valence-corrected chi connectivity index (χ1v) is 8.40. The number of anilines is 2. The Hall–Kier alpha value is -2.96. The van der Waals surface area contributed by atoms with Crippen molar-refractivity contribution in [3.05, 3.63) is 60.2 Å². The number of rotatable bonds is 3. The quantitative estimate of drug-likeness (QED) is 0.874. The van der Waals surface area contributed by atoms with Gasteiger partial charge in [0.05, 0.1) is 5.92 Å². The number of nitrogens with one attached hydrogen (secondary N) is 2. The molecule has 1 saturated heterocycles. The van der Waals surface area contributed by atoms with Crippen LogP contribution in [0.15, 0.2) is 48.5 Å². The maximum absolute atomic E-state index is 13.3. The fourth-order valence-electron chi connectivity index (χ4n) is 2.92. The van der Waals surface area contributed by atoms with Crippen molar-refractivity contribution >= 4 is 23.3 Å². The van der Waals surface area contributed by atoms with E-state index in [1.54, 1.807) is 17.0 Å². The molecular formula is C19H19F2N3O2. The minimum atomic E-state index is -1.02. The first kappa shape index (κ1) is 17.8. The van der Waals surface area contributed by atoms with E-state index in [1.165, 1.54) is 6.07 Å². The van der Waals surface area contributed by atoms with Crippen molar-refractivity contribution in [2.45, 2.75) is 12.8 Å². The van der Waals surface area contributed by atoms with E-state index in [4.69, 9.17) is 0 Å². The molecule has 3 amide bonds. The summed E-state index contributed by atoms with van der Waals surface area (Å²) in [6.45, 7) is 0.835. The van der Waals surface area contributed by atoms with Crippen LogP contribution in [-0.4, -0.2) is 29.9 Å². The predicted molar refractivity (Wildman–Crippen MR) is 94.7 cm³/mol. The Morgan fingerprint density at radius 3 is 2.46 bits per heavy atom. The van der Waals surface area contributed by atoms with E-state index in [0.29, 0.717) is 25.1 Å². The van der Waals surface area contributed by atoms with E-state index in [0.717, 1.165) is 12.1 Å². The molecule has 136 valence electrons. The van der Waals surface area contributed by atoms with E-state index in [1.807, 2.05) is 18.2 Å². The number of nitrogens with zero attached hydrogens (tertiary/aromatic N) is 1. The van der Waals surface area contributed by atoms with Crippen LogP contribution in [0, 0.1) is 17.6 Å². The Labute approximate surface area is 150 Å². The van der Waals surface area contributed by atoms with E-state index in [-0.39, 0.29) is 24.2 Å². The highest BCUT2D eigenvalue weighted by Gasteiger charge is 2.28. The van der Waals surface area contributed by atoms with Crippen molar-refractivity contribution < 1.29 is 18.4 Å². The highest BCUT2D eigenvalue weighted by molar-refractivity contribution is 5.94. The molecule has 1 aliphatic rings. The molecule has 0 aliphatic carbocycles. The molecule has 0 aromatic heterocycles. The van der Waals surface area contributed by atoms with Gasteiger partial charge in [0.15, 0.2) is 11.6 Å². The van der Waals surface area contributed by atoms with Crippen molar-refractivity contribution in [2.75, 3.05) is 23.7 Å². The maximum Gasteiger partial charge on any atom is 0.321 e. The molecular weight excluding hydrogens is 340 g/mol. The molecule has 0 bridgehead atoms. The van der Waals surface area contributed by atoms with Crippen LogP contribution in [0.2, 0.25) is 0 Å². The van der Waals surface area contributed by atoms with E-state index >= 15 is 0 Å². The number of benzene rings is 2. The minimum Gasteiger partial charge on any atom is -0.326 e. The second-order valence-corrected chi connectivity index (χ2v) is 6.20. The average Bonchev–Trinajstić information content (AvgIpc) is 2.65. The van der Waals surface area contributed by atoms with Crippen LogP contribution in [-0.2, 0) is 4.79 Å². The molecule has 0 saturated carbocycles. The van der Waals surface area contributed by atoms with Crippen LogP contribution < -0.4 is 10.6 Å². The Kier molecular flexibility index (Phi) is 5.46. The summed E-state index contributed by atoms with van der Waals surface area (Å²) >= 11 is 0. The molecule has 1 heterocycles. The number of hydrogen-bond donors (Lipinski definition) is 2. The first-order chi connectivity index (χ1) is 12.5. The number of carbonyl (C=O) groups excluding carboxylic acids is 2. The normalized spacial score (nSPS) is 16.8. The molecule has 5 nitrogen and oxygen atoms in total. The monoisotopic (exact) mass is 359 g/mol. The lowest BCUT2D eigenvalue weighted by Gasteiger charge is -2.32. The van der Waals surface area contributed by atoms with E-state index < -0.39 is 17.6 Å². The topological polar surface area (TPSA) is 61.4 Å². The number of urea groups is 1. The lowest BCUT2D eigenvalue weighted by Crippen LogP contribution is -2.45. The maximum atomic E-state index is 13.3. The van der Waals surface area contributed by atoms with Gasteiger partial charge in [-0.05, 0) is 37.1 Å². The zero-order valence-electron chi connectivity index (χ0n) is 14.0. The van der Waals surface area contributed by atoms with Gasteiger partial charge in [-0.15, -0.1) is 0 Å². The summed E-state index contributed by atoms with van der Waals surface area (Å²) in [5, 5.41) is 5.38. The summed E-state index contributed by atoms with van der Waals surface area (Å²) in [6.07, 6.45) is 1.32. The highest BCUT2D eigenvalue weighted by Crippen LogP contribution is 2.21. The Morgan fingerprint density at radius 2 is 1.73 bits per heavy atom. The van der Waals surface area contributed by atoms with Gasteiger partial charge in [-0.2, -0.15) is 0 Å². The summed E-state index contributed by atoms with van der Waals surface area (Å²) in [4.78, 5) is 26.4. The van der Waals surface area contributed by atoms with Gasteiger partial charge in [0.2, 0.25) is 5.91 Å². The molecule has 0 radical (unpaired) electrons. The third-order valence-electron chi connectivity index (χ3n) is 4.29. The first-order valence-electron chi connectivity index (χ1n) is 8.40. The van der Waals surface area contributed by atoms with Gasteiger partial charge < -0.3 is 15.5 Å². The number of halogens is 2. The Balaban J connectivity index is 1.59. The van der Waals surface area contributed by atoms with Crippen LogP contribution in [0.3, 0.4) is 0 Å². The van der Waals surface area contributed by atoms with Gasteiger partial charge in [0.1, 0.15) is 0 Å². The molecule has 1 aliphatic heterocycles. The van der Waals surface area contributed by atoms with Crippen molar-refractivity contribution in [3.63, 3.8) is 0 Å². The van der Waals surface area contributed by atoms with E-state index in [9.17, 15) is 18.4 Å². The second-order valence-electron chi connectivity index (χ2n) is 6.20. The summed E-state index contributed by atoms with van der Waals surface area (Å²) in [5.41, 5.74) is 0.880. The molecule has 1 atom stereocenters. The molecule has 2 N–H and O–H groups in total. The average molecular weight is 359 g/mol. The summed E-state index contributed by atoms with van der Waals surface area (Å²) < 4.78 is 26.2. The number of para-hydroxylation sites is 1. The van der Waals surface area contributed by atoms with Gasteiger partial charge in [-0.25, -0.2) is 13.6 Å². The lowest BCUT2D eigenvalue weighted by molar-refractivity contribution is -0.121. The molecule has 2 aromatic carbocycles. The van der Waals surface area contributed by atoms with Crippen molar-refractivity contribution in [3.8, 4) is 0 Å². The van der Waals surface area contributed by atoms with Crippen LogP contribution >= 0.6 is 0 Å². The number of hydrogen-bond acceptors (Lipinski definition) is 2. The predicted octanol–water partition coefficient (Wildman–Crippen LogP) is 3.85. The van der Waals surface area contributed by atoms with Crippen molar-refractivity contribution in [1.29, 1.82) is 0 Å². The van der Waals surface area contributed by atoms with Gasteiger partial charge >= 0.3 is 6.03 Å². The zero-order valence-corrected chi connectivity index (χ0v) is 14.0. The summed E-state index contributed by atoms with van der Waals surface area (Å²) in [5.74, 6) is -2.70. The molecule has 0 unspecified atom stereocenters. The molecule has 1 fully saturated rings. The van der Waals surface area contributed by atoms with Gasteiger partial charge in [-0.3, -0.25) is 4.79 Å². The number of carbonyl (C=O) groups is 2. The minimum absolute atomic E-state index is 0.194. The number of piperidine rings is 1. The van der Waals surface area contributed by atoms with Gasteiger partial charge in [0.25, 0.3) is 0 Å². The summed E-state index contributed by atoms with van der Waals surface area (Å²) in [7, 11) is 0. The SMILES string of the molecule is O=C(Nc1ccc(F)c(F)c1)[C@H]1CCCN(C(=O)Nc2ccccc2)C1. The lowest BCUT2D eigenvalue weighted by atomic mass is 9.97. The number of likely N-dealkylation sites (tertiary alicyclic amines) is 1. The van der Waals surface area contributed by atoms with Crippen LogP contribution in [0.25, 0.3) is 0 Å². The second kappa shape index (κ2) is 7.95. The third kappa shape index (κ3) is 4.36. The van der Waals surface area contributed by atoms with Crippen LogP contribution in [0.1, 0.15) is 12.8 Å². The smallest absolute Gasteiger partial charge is 0.321 e. The zero-order chi connectivity index (χ0) is 18.5. The fraction of sp³-hybridized carbons (Fsp3) is 0.263. The highest BCUT2D eigenvalue weighted by atomic mass is 19.2. The van der Waals surface area contributed by atoms with Gasteiger partial charge in [-0.1, -0.05) is 18.2 Å².